The van der Waals surface area contributed by atoms with Gasteiger partial charge in [0, 0.05) is 5.92 Å². The molecule has 0 spiro atoms. The van der Waals surface area contributed by atoms with E-state index in [4.69, 9.17) is 4.18 Å². The van der Waals surface area contributed by atoms with E-state index in [1.807, 2.05) is 0 Å². The van der Waals surface area contributed by atoms with E-state index in [2.05, 4.69) is 6.92 Å². The predicted molar refractivity (Wildman–Crippen MR) is 49.8 cm³/mol. The molecule has 3 nitrogen and oxygen atoms in total. The Balaban J connectivity index is 2.06. The summed E-state index contributed by atoms with van der Waals surface area (Å²) in [5.41, 5.74) is 0. The average Bonchev–Trinajstić information content (AvgIpc) is 2.55. The van der Waals surface area contributed by atoms with Gasteiger partial charge in [0.05, 0.1) is 11.9 Å². The Bertz CT molecular complexity index is 283. The molecule has 1 saturated carbocycles. The van der Waals surface area contributed by atoms with Crippen molar-refractivity contribution in [3.63, 3.8) is 0 Å². The molecule has 3 atom stereocenters. The van der Waals surface area contributed by atoms with Gasteiger partial charge in [-0.25, -0.2) is 0 Å². The van der Waals surface area contributed by atoms with Crippen LogP contribution in [-0.2, 0) is 14.3 Å². The van der Waals surface area contributed by atoms with Gasteiger partial charge in [-0.2, -0.15) is 8.42 Å². The minimum absolute atomic E-state index is 0.177. The summed E-state index contributed by atoms with van der Waals surface area (Å²) in [6.45, 7) is 2.59. The first-order valence-electron chi connectivity index (χ1n) is 5.01. The summed E-state index contributed by atoms with van der Waals surface area (Å²) in [5, 5.41) is -0.177. The topological polar surface area (TPSA) is 43.4 Å². The predicted octanol–water partition coefficient (Wildman–Crippen LogP) is 1.54. The van der Waals surface area contributed by atoms with Crippen molar-refractivity contribution in [3.8, 4) is 0 Å². The van der Waals surface area contributed by atoms with Crippen molar-refractivity contribution >= 4 is 10.1 Å². The molecule has 1 aliphatic heterocycles. The van der Waals surface area contributed by atoms with Crippen molar-refractivity contribution in [2.24, 2.45) is 11.8 Å². The second-order valence-electron chi connectivity index (χ2n) is 4.20. The number of hydrogen-bond donors (Lipinski definition) is 0. The maximum atomic E-state index is 11.4. The molecule has 0 aromatic rings. The van der Waals surface area contributed by atoms with Crippen LogP contribution in [0.1, 0.15) is 32.6 Å². The summed E-state index contributed by atoms with van der Waals surface area (Å²) in [7, 11) is -3.18. The second-order valence-corrected chi connectivity index (χ2v) is 6.03. The fraction of sp³-hybridized carbons (Fsp3) is 1.00. The summed E-state index contributed by atoms with van der Waals surface area (Å²) < 4.78 is 27.5. The highest BCUT2D eigenvalue weighted by Gasteiger charge is 2.47. The van der Waals surface area contributed by atoms with Crippen LogP contribution >= 0.6 is 0 Å². The largest absolute Gasteiger partial charge is 0.270 e. The molecule has 1 aliphatic carbocycles. The van der Waals surface area contributed by atoms with Crippen molar-refractivity contribution in [3.05, 3.63) is 0 Å². The Labute approximate surface area is 79.6 Å². The zero-order chi connectivity index (χ0) is 9.47. The lowest BCUT2D eigenvalue weighted by atomic mass is 10.0. The van der Waals surface area contributed by atoms with E-state index in [-0.39, 0.29) is 5.25 Å². The molecule has 2 fully saturated rings. The van der Waals surface area contributed by atoms with Crippen molar-refractivity contribution in [2.45, 2.75) is 37.9 Å². The van der Waals surface area contributed by atoms with Gasteiger partial charge in [0.2, 0.25) is 0 Å². The molecule has 3 unspecified atom stereocenters. The van der Waals surface area contributed by atoms with Crippen LogP contribution < -0.4 is 0 Å². The maximum Gasteiger partial charge on any atom is 0.270 e. The Kier molecular flexibility index (Phi) is 2.36. The third-order valence-corrected chi connectivity index (χ3v) is 5.03. The lowest BCUT2D eigenvalue weighted by molar-refractivity contribution is 0.296. The zero-order valence-corrected chi connectivity index (χ0v) is 8.72. The van der Waals surface area contributed by atoms with Crippen LogP contribution in [-0.4, -0.2) is 20.3 Å². The highest BCUT2D eigenvalue weighted by Crippen LogP contribution is 2.42. The van der Waals surface area contributed by atoms with E-state index < -0.39 is 10.1 Å². The van der Waals surface area contributed by atoms with Crippen LogP contribution in [0.5, 0.6) is 0 Å². The quantitative estimate of drug-likeness (QED) is 0.641. The van der Waals surface area contributed by atoms with E-state index in [9.17, 15) is 8.42 Å². The molecule has 0 radical (unpaired) electrons. The van der Waals surface area contributed by atoms with Crippen LogP contribution in [0.25, 0.3) is 0 Å². The third kappa shape index (κ3) is 1.62. The highest BCUT2D eigenvalue weighted by atomic mass is 32.2. The summed E-state index contributed by atoms with van der Waals surface area (Å²) in [5.74, 6) is 0.917. The Morgan fingerprint density at radius 1 is 1.38 bits per heavy atom. The molecule has 0 aromatic heterocycles. The van der Waals surface area contributed by atoms with Crippen LogP contribution in [0, 0.1) is 11.8 Å². The fourth-order valence-corrected chi connectivity index (χ4v) is 4.35. The molecule has 4 heteroatoms. The van der Waals surface area contributed by atoms with Gasteiger partial charge in [0.15, 0.2) is 0 Å². The van der Waals surface area contributed by atoms with Crippen molar-refractivity contribution in [1.82, 2.24) is 0 Å². The van der Waals surface area contributed by atoms with Gasteiger partial charge in [0.1, 0.15) is 0 Å². The van der Waals surface area contributed by atoms with Crippen molar-refractivity contribution in [2.75, 3.05) is 6.61 Å². The van der Waals surface area contributed by atoms with Crippen molar-refractivity contribution < 1.29 is 12.6 Å². The average molecular weight is 204 g/mol. The normalized spacial score (nSPS) is 42.1. The molecular weight excluding hydrogens is 188 g/mol. The number of rotatable bonds is 2. The first-order chi connectivity index (χ1) is 6.13. The van der Waals surface area contributed by atoms with Gasteiger partial charge in [-0.1, -0.05) is 19.8 Å². The van der Waals surface area contributed by atoms with Gasteiger partial charge in [-0.05, 0) is 18.8 Å². The summed E-state index contributed by atoms with van der Waals surface area (Å²) in [6, 6.07) is 0. The second kappa shape index (κ2) is 3.24. The van der Waals surface area contributed by atoms with E-state index in [1.54, 1.807) is 0 Å². The molecular formula is C9H16O3S. The highest BCUT2D eigenvalue weighted by molar-refractivity contribution is 7.87. The molecule has 76 valence electrons. The number of fused-ring (bicyclic) bond motifs is 1. The van der Waals surface area contributed by atoms with E-state index >= 15 is 0 Å². The van der Waals surface area contributed by atoms with Crippen LogP contribution in [0.4, 0.5) is 0 Å². The van der Waals surface area contributed by atoms with E-state index in [1.165, 1.54) is 6.42 Å². The molecule has 0 bridgehead atoms. The molecule has 0 aromatic carbocycles. The van der Waals surface area contributed by atoms with E-state index in [0.717, 1.165) is 19.3 Å². The van der Waals surface area contributed by atoms with Gasteiger partial charge in [-0.15, -0.1) is 0 Å². The standard InChI is InChI=1S/C9H16O3S/c1-2-3-7-4-8-6-12-13(10,11)9(8)5-7/h7-9H,2-6H2,1H3. The Morgan fingerprint density at radius 3 is 2.77 bits per heavy atom. The lowest BCUT2D eigenvalue weighted by Crippen LogP contribution is -2.16. The molecule has 0 N–H and O–H groups in total. The van der Waals surface area contributed by atoms with Crippen LogP contribution in [0.15, 0.2) is 0 Å². The van der Waals surface area contributed by atoms with Gasteiger partial charge in [0.25, 0.3) is 10.1 Å². The monoisotopic (exact) mass is 204 g/mol. The zero-order valence-electron chi connectivity index (χ0n) is 7.90. The molecule has 1 heterocycles. The van der Waals surface area contributed by atoms with Crippen LogP contribution in [0.3, 0.4) is 0 Å². The minimum Gasteiger partial charge on any atom is -0.270 e. The molecule has 2 rings (SSSR count). The summed E-state index contributed by atoms with van der Waals surface area (Å²) in [6.07, 6.45) is 4.21. The Morgan fingerprint density at radius 2 is 2.15 bits per heavy atom. The first-order valence-corrected chi connectivity index (χ1v) is 6.49. The van der Waals surface area contributed by atoms with Crippen LogP contribution in [0.2, 0.25) is 0 Å². The fourth-order valence-electron chi connectivity index (χ4n) is 2.64. The summed E-state index contributed by atoms with van der Waals surface area (Å²) >= 11 is 0. The lowest BCUT2D eigenvalue weighted by Gasteiger charge is -2.08. The molecule has 2 aliphatic rings. The van der Waals surface area contributed by atoms with Gasteiger partial charge < -0.3 is 0 Å². The minimum atomic E-state index is -3.18. The summed E-state index contributed by atoms with van der Waals surface area (Å²) in [4.78, 5) is 0. The van der Waals surface area contributed by atoms with Gasteiger partial charge >= 0.3 is 0 Å². The molecule has 13 heavy (non-hydrogen) atoms. The molecule has 1 saturated heterocycles. The Hall–Kier alpha value is -0.0900. The smallest absolute Gasteiger partial charge is 0.270 e. The third-order valence-electron chi connectivity index (χ3n) is 3.24. The first kappa shape index (κ1) is 9.46. The van der Waals surface area contributed by atoms with Gasteiger partial charge in [-0.3, -0.25) is 4.18 Å². The maximum absolute atomic E-state index is 11.4. The molecule has 0 amide bonds. The SMILES string of the molecule is CCCC1CC2COS(=O)(=O)C2C1. The van der Waals surface area contributed by atoms with Crippen molar-refractivity contribution in [1.29, 1.82) is 0 Å². The van der Waals surface area contributed by atoms with E-state index in [0.29, 0.717) is 18.4 Å². The number of hydrogen-bond acceptors (Lipinski definition) is 3.